The number of rotatable bonds is 3. The van der Waals surface area contributed by atoms with Crippen molar-refractivity contribution in [3.05, 3.63) is 65.2 Å². The van der Waals surface area contributed by atoms with Gasteiger partial charge in [0.1, 0.15) is 5.75 Å². The Kier molecular flexibility index (Phi) is 3.16. The highest BCUT2D eigenvalue weighted by Crippen LogP contribution is 2.32. The summed E-state index contributed by atoms with van der Waals surface area (Å²) in [5.41, 5.74) is 2.20. The van der Waals surface area contributed by atoms with E-state index in [1.54, 1.807) is 25.3 Å². The zero-order valence-corrected chi connectivity index (χ0v) is 11.1. The van der Waals surface area contributed by atoms with Gasteiger partial charge in [0, 0.05) is 17.7 Å². The number of carbonyl (C=O) groups is 1. The molecule has 1 amide bonds. The monoisotopic (exact) mass is 269 g/mol. The molecular formula is C16H15NO3. The molecule has 0 spiro atoms. The molecule has 1 aliphatic heterocycles. The van der Waals surface area contributed by atoms with Crippen LogP contribution < -0.4 is 4.74 Å². The first-order valence-electron chi connectivity index (χ1n) is 6.41. The molecule has 4 heteroatoms. The van der Waals surface area contributed by atoms with E-state index in [1.165, 1.54) is 4.90 Å². The summed E-state index contributed by atoms with van der Waals surface area (Å²) in [5.74, 6) is 0.634. The predicted octanol–water partition coefficient (Wildman–Crippen LogP) is 2.34. The molecule has 0 saturated carbocycles. The largest absolute Gasteiger partial charge is 0.497 e. The van der Waals surface area contributed by atoms with Crippen LogP contribution in [0, 0.1) is 0 Å². The van der Waals surface area contributed by atoms with Gasteiger partial charge in [0.2, 0.25) is 0 Å². The molecule has 0 bridgehead atoms. The van der Waals surface area contributed by atoms with Crippen molar-refractivity contribution in [2.45, 2.75) is 12.8 Å². The molecule has 1 atom stereocenters. The molecular weight excluding hydrogens is 254 g/mol. The first kappa shape index (κ1) is 12.7. The number of amides is 1. The number of methoxy groups -OCH3 is 1. The van der Waals surface area contributed by atoms with Crippen LogP contribution in [0.2, 0.25) is 0 Å². The Morgan fingerprint density at radius 2 is 1.85 bits per heavy atom. The van der Waals surface area contributed by atoms with E-state index in [0.717, 1.165) is 11.3 Å². The normalized spacial score (nSPS) is 17.2. The van der Waals surface area contributed by atoms with Crippen LogP contribution in [-0.4, -0.2) is 23.0 Å². The lowest BCUT2D eigenvalue weighted by molar-refractivity contribution is 0.0137. The highest BCUT2D eigenvalue weighted by Gasteiger charge is 2.34. The number of hydrogen-bond acceptors (Lipinski definition) is 3. The van der Waals surface area contributed by atoms with Crippen LogP contribution in [0.4, 0.5) is 0 Å². The Hall–Kier alpha value is -2.33. The van der Waals surface area contributed by atoms with Crippen molar-refractivity contribution in [2.75, 3.05) is 7.11 Å². The van der Waals surface area contributed by atoms with Crippen LogP contribution in [0.1, 0.15) is 27.7 Å². The maximum absolute atomic E-state index is 12.3. The van der Waals surface area contributed by atoms with Gasteiger partial charge in [-0.3, -0.25) is 4.79 Å². The van der Waals surface area contributed by atoms with Gasteiger partial charge in [-0.25, -0.2) is 0 Å². The van der Waals surface area contributed by atoms with E-state index in [0.29, 0.717) is 17.7 Å². The molecule has 4 nitrogen and oxygen atoms in total. The van der Waals surface area contributed by atoms with E-state index in [4.69, 9.17) is 4.74 Å². The van der Waals surface area contributed by atoms with Crippen molar-refractivity contribution >= 4 is 5.91 Å². The molecule has 0 aromatic heterocycles. The molecule has 0 fully saturated rings. The first-order valence-corrected chi connectivity index (χ1v) is 6.41. The third kappa shape index (κ3) is 2.04. The van der Waals surface area contributed by atoms with Gasteiger partial charge in [-0.05, 0) is 23.8 Å². The SMILES string of the molecule is COc1ccc(CN2C(=O)c3ccccc3[C@H]2O)cc1. The maximum atomic E-state index is 12.3. The third-order valence-corrected chi connectivity index (χ3v) is 3.54. The van der Waals surface area contributed by atoms with Crippen molar-refractivity contribution < 1.29 is 14.6 Å². The molecule has 102 valence electrons. The Balaban J connectivity index is 1.83. The summed E-state index contributed by atoms with van der Waals surface area (Å²) in [7, 11) is 1.61. The highest BCUT2D eigenvalue weighted by molar-refractivity contribution is 5.98. The average molecular weight is 269 g/mol. The van der Waals surface area contributed by atoms with E-state index >= 15 is 0 Å². The number of aliphatic hydroxyl groups is 1. The van der Waals surface area contributed by atoms with Gasteiger partial charge < -0.3 is 14.7 Å². The lowest BCUT2D eigenvalue weighted by Crippen LogP contribution is -2.27. The molecule has 1 aliphatic rings. The molecule has 0 radical (unpaired) electrons. The van der Waals surface area contributed by atoms with Crippen molar-refractivity contribution in [1.82, 2.24) is 4.90 Å². The molecule has 0 aliphatic carbocycles. The topological polar surface area (TPSA) is 49.8 Å². The Bertz CT molecular complexity index is 636. The van der Waals surface area contributed by atoms with Crippen molar-refractivity contribution in [3.8, 4) is 5.75 Å². The summed E-state index contributed by atoms with van der Waals surface area (Å²) in [6, 6.07) is 14.6. The molecule has 1 heterocycles. The summed E-state index contributed by atoms with van der Waals surface area (Å²) in [5, 5.41) is 10.3. The number of ether oxygens (including phenoxy) is 1. The molecule has 20 heavy (non-hydrogen) atoms. The summed E-state index contributed by atoms with van der Waals surface area (Å²) in [4.78, 5) is 13.7. The fraction of sp³-hybridized carbons (Fsp3) is 0.188. The minimum Gasteiger partial charge on any atom is -0.497 e. The lowest BCUT2D eigenvalue weighted by atomic mass is 10.1. The number of aliphatic hydroxyl groups excluding tert-OH is 1. The van der Waals surface area contributed by atoms with Crippen LogP contribution in [0.15, 0.2) is 48.5 Å². The van der Waals surface area contributed by atoms with Gasteiger partial charge in [-0.2, -0.15) is 0 Å². The summed E-state index contributed by atoms with van der Waals surface area (Å²) >= 11 is 0. The molecule has 0 saturated heterocycles. The molecule has 2 aromatic rings. The molecule has 0 unspecified atom stereocenters. The standard InChI is InChI=1S/C16H15NO3/c1-20-12-8-6-11(7-9-12)10-17-15(18)13-4-2-3-5-14(13)16(17)19/h2-9,15,18H,10H2,1H3/t15-/m1/s1. The van der Waals surface area contributed by atoms with Crippen molar-refractivity contribution in [2.24, 2.45) is 0 Å². The zero-order valence-electron chi connectivity index (χ0n) is 11.1. The maximum Gasteiger partial charge on any atom is 0.256 e. The number of hydrogen-bond donors (Lipinski definition) is 1. The molecule has 2 aromatic carbocycles. The number of benzene rings is 2. The van der Waals surface area contributed by atoms with E-state index in [2.05, 4.69) is 0 Å². The molecule has 1 N–H and O–H groups in total. The molecule has 3 rings (SSSR count). The predicted molar refractivity (Wildman–Crippen MR) is 74.3 cm³/mol. The van der Waals surface area contributed by atoms with Crippen molar-refractivity contribution in [3.63, 3.8) is 0 Å². The minimum absolute atomic E-state index is 0.135. The van der Waals surface area contributed by atoms with Crippen molar-refractivity contribution in [1.29, 1.82) is 0 Å². The smallest absolute Gasteiger partial charge is 0.256 e. The quantitative estimate of drug-likeness (QED) is 0.930. The van der Waals surface area contributed by atoms with Crippen LogP contribution in [0.5, 0.6) is 5.75 Å². The fourth-order valence-electron chi connectivity index (χ4n) is 2.44. The number of fused-ring (bicyclic) bond motifs is 1. The number of nitrogens with zero attached hydrogens (tertiary/aromatic N) is 1. The van der Waals surface area contributed by atoms with E-state index in [1.807, 2.05) is 30.3 Å². The summed E-state index contributed by atoms with van der Waals surface area (Å²) < 4.78 is 5.10. The van der Waals surface area contributed by atoms with Crippen LogP contribution in [0.3, 0.4) is 0 Å². The number of carbonyl (C=O) groups excluding carboxylic acids is 1. The first-order chi connectivity index (χ1) is 9.70. The zero-order chi connectivity index (χ0) is 14.1. The third-order valence-electron chi connectivity index (χ3n) is 3.54. The van der Waals surface area contributed by atoms with E-state index in [9.17, 15) is 9.90 Å². The second-order valence-corrected chi connectivity index (χ2v) is 4.74. The second kappa shape index (κ2) is 4.98. The lowest BCUT2D eigenvalue weighted by Gasteiger charge is -2.21. The van der Waals surface area contributed by atoms with Gasteiger partial charge in [0.05, 0.1) is 7.11 Å². The average Bonchev–Trinajstić information content (AvgIpc) is 2.74. The van der Waals surface area contributed by atoms with Gasteiger partial charge in [0.15, 0.2) is 6.23 Å². The van der Waals surface area contributed by atoms with E-state index in [-0.39, 0.29) is 5.91 Å². The van der Waals surface area contributed by atoms with E-state index < -0.39 is 6.23 Å². The van der Waals surface area contributed by atoms with Gasteiger partial charge in [0.25, 0.3) is 5.91 Å². The second-order valence-electron chi connectivity index (χ2n) is 4.74. The van der Waals surface area contributed by atoms with Gasteiger partial charge >= 0.3 is 0 Å². The Morgan fingerprint density at radius 3 is 2.50 bits per heavy atom. The van der Waals surface area contributed by atoms with Gasteiger partial charge in [-0.1, -0.05) is 30.3 Å². The highest BCUT2D eigenvalue weighted by atomic mass is 16.5. The summed E-state index contributed by atoms with van der Waals surface area (Å²) in [6.07, 6.45) is -0.874. The van der Waals surface area contributed by atoms with Crippen LogP contribution in [-0.2, 0) is 6.54 Å². The fourth-order valence-corrected chi connectivity index (χ4v) is 2.44. The Labute approximate surface area is 117 Å². The van der Waals surface area contributed by atoms with Gasteiger partial charge in [-0.15, -0.1) is 0 Å². The van der Waals surface area contributed by atoms with Crippen LogP contribution >= 0.6 is 0 Å². The Morgan fingerprint density at radius 1 is 1.15 bits per heavy atom. The van der Waals surface area contributed by atoms with Crippen LogP contribution in [0.25, 0.3) is 0 Å². The minimum atomic E-state index is -0.874. The summed E-state index contributed by atoms with van der Waals surface area (Å²) in [6.45, 7) is 0.374.